The number of phosphoric ester groups is 1. The predicted molar refractivity (Wildman–Crippen MR) is 194 cm³/mol. The van der Waals surface area contributed by atoms with Crippen molar-refractivity contribution in [1.82, 2.24) is 0 Å². The van der Waals surface area contributed by atoms with Gasteiger partial charge in [0.05, 0.1) is 12.7 Å². The largest absolute Gasteiger partial charge is 0.469 e. The van der Waals surface area contributed by atoms with Gasteiger partial charge in [0.15, 0.2) is 6.10 Å². The number of phosphoric acid groups is 1. The van der Waals surface area contributed by atoms with Crippen LogP contribution in [0, 0.1) is 0 Å². The van der Waals surface area contributed by atoms with Gasteiger partial charge in [-0.15, -0.1) is 0 Å². The van der Waals surface area contributed by atoms with Crippen LogP contribution in [0.25, 0.3) is 0 Å². The molecule has 0 aliphatic carbocycles. The molecule has 0 saturated heterocycles. The van der Waals surface area contributed by atoms with E-state index in [1.54, 1.807) is 0 Å². The third-order valence-corrected chi connectivity index (χ3v) is 8.16. The van der Waals surface area contributed by atoms with Crippen molar-refractivity contribution in [2.45, 2.75) is 167 Å². The molecule has 0 aliphatic rings. The molecular formula is C38H67O9P. The van der Waals surface area contributed by atoms with Gasteiger partial charge in [0.1, 0.15) is 6.61 Å². The number of hydrogen-bond donors (Lipinski definition) is 3. The van der Waals surface area contributed by atoms with Crippen molar-refractivity contribution >= 4 is 19.8 Å². The molecule has 0 heterocycles. The van der Waals surface area contributed by atoms with Crippen LogP contribution in [0.15, 0.2) is 48.6 Å². The number of unbranched alkanes of at least 4 members (excludes halogenated alkanes) is 13. The van der Waals surface area contributed by atoms with Crippen molar-refractivity contribution in [3.05, 3.63) is 48.6 Å². The second-order valence-corrected chi connectivity index (χ2v) is 13.6. The highest BCUT2D eigenvalue weighted by Crippen LogP contribution is 2.36. The summed E-state index contributed by atoms with van der Waals surface area (Å²) in [6, 6.07) is 0. The molecule has 3 N–H and O–H groups in total. The average molecular weight is 699 g/mol. The number of carbonyl (C=O) groups is 2. The van der Waals surface area contributed by atoms with E-state index in [0.717, 1.165) is 57.8 Å². The van der Waals surface area contributed by atoms with Crippen LogP contribution >= 0.6 is 7.82 Å². The van der Waals surface area contributed by atoms with E-state index in [0.29, 0.717) is 19.3 Å². The highest BCUT2D eigenvalue weighted by atomic mass is 31.2. The molecule has 0 aromatic carbocycles. The maximum Gasteiger partial charge on any atom is 0.469 e. The number of allylic oxidation sites excluding steroid dienone is 7. The number of esters is 2. The maximum atomic E-state index is 12.3. The highest BCUT2D eigenvalue weighted by molar-refractivity contribution is 7.46. The van der Waals surface area contributed by atoms with Gasteiger partial charge in [0.2, 0.25) is 0 Å². The van der Waals surface area contributed by atoms with Crippen molar-refractivity contribution < 1.29 is 43.0 Å². The van der Waals surface area contributed by atoms with E-state index < -0.39 is 32.5 Å². The van der Waals surface area contributed by atoms with Crippen LogP contribution in [0.1, 0.15) is 155 Å². The summed E-state index contributed by atoms with van der Waals surface area (Å²) >= 11 is 0. The van der Waals surface area contributed by atoms with Crippen molar-refractivity contribution in [3.63, 3.8) is 0 Å². The Labute approximate surface area is 291 Å². The monoisotopic (exact) mass is 698 g/mol. The summed E-state index contributed by atoms with van der Waals surface area (Å²) in [7, 11) is -4.77. The molecule has 278 valence electrons. The van der Waals surface area contributed by atoms with Gasteiger partial charge in [-0.2, -0.15) is 0 Å². The Morgan fingerprint density at radius 2 is 1.12 bits per heavy atom. The fourth-order valence-corrected chi connectivity index (χ4v) is 5.21. The fourth-order valence-electron chi connectivity index (χ4n) is 4.85. The Bertz CT molecular complexity index is 938. The average Bonchev–Trinajstić information content (AvgIpc) is 3.05. The van der Waals surface area contributed by atoms with E-state index in [2.05, 4.69) is 42.7 Å². The molecule has 0 aromatic heterocycles. The number of carbonyl (C=O) groups excluding carboxylic acids is 2. The molecule has 0 spiro atoms. The van der Waals surface area contributed by atoms with Crippen LogP contribution in [-0.4, -0.2) is 52.3 Å². The van der Waals surface area contributed by atoms with Crippen LogP contribution in [0.2, 0.25) is 0 Å². The quantitative estimate of drug-likeness (QED) is 0.0264. The van der Waals surface area contributed by atoms with Crippen LogP contribution in [0.5, 0.6) is 0 Å². The Balaban J connectivity index is 4.11. The summed E-state index contributed by atoms with van der Waals surface area (Å²) < 4.78 is 26.2. The molecule has 0 bridgehead atoms. The summed E-state index contributed by atoms with van der Waals surface area (Å²) in [6.07, 6.45) is 36.0. The van der Waals surface area contributed by atoms with Crippen LogP contribution < -0.4 is 0 Å². The minimum absolute atomic E-state index is 0.175. The molecule has 2 atom stereocenters. The molecule has 0 saturated carbocycles. The number of rotatable bonds is 33. The van der Waals surface area contributed by atoms with Crippen molar-refractivity contribution in [3.8, 4) is 0 Å². The summed E-state index contributed by atoms with van der Waals surface area (Å²) in [4.78, 5) is 42.6. The lowest BCUT2D eigenvalue weighted by Crippen LogP contribution is -2.29. The molecule has 0 radical (unpaired) electrons. The van der Waals surface area contributed by atoms with Crippen molar-refractivity contribution in [2.24, 2.45) is 0 Å². The molecule has 48 heavy (non-hydrogen) atoms. The zero-order valence-corrected chi connectivity index (χ0v) is 30.9. The first kappa shape index (κ1) is 46.0. The van der Waals surface area contributed by atoms with Crippen molar-refractivity contribution in [1.29, 1.82) is 0 Å². The summed E-state index contributed by atoms with van der Waals surface area (Å²) in [5.41, 5.74) is 0. The lowest BCUT2D eigenvalue weighted by Gasteiger charge is -2.18. The number of hydrogen-bond acceptors (Lipinski definition) is 7. The molecule has 0 aliphatic heterocycles. The van der Waals surface area contributed by atoms with Gasteiger partial charge in [0.25, 0.3) is 0 Å². The highest BCUT2D eigenvalue weighted by Gasteiger charge is 2.22. The zero-order valence-electron chi connectivity index (χ0n) is 30.0. The lowest BCUT2D eigenvalue weighted by molar-refractivity contribution is -0.161. The van der Waals surface area contributed by atoms with Gasteiger partial charge in [-0.1, -0.05) is 146 Å². The van der Waals surface area contributed by atoms with Crippen LogP contribution in [0.3, 0.4) is 0 Å². The summed E-state index contributed by atoms with van der Waals surface area (Å²) in [5.74, 6) is -0.975. The minimum Gasteiger partial charge on any atom is -0.462 e. The van der Waals surface area contributed by atoms with E-state index in [-0.39, 0.29) is 25.6 Å². The molecule has 0 aromatic rings. The summed E-state index contributed by atoms with van der Waals surface area (Å²) in [5, 5.41) is 9.77. The standard InChI is InChI=1S/C38H67O9P/c1-3-5-7-8-9-10-11-15-19-22-25-28-32-38(41)47-36(34-46-48(42,43)44)33-45-37(40)31-27-24-21-18-16-13-12-14-17-20-23-26-30-35(39)29-6-4-2/h12-13,17-18,20-21,26,30,35-36,39H,3-11,14-16,19,22-25,27-29,31-34H2,1-2H3,(H2,42,43,44)/b13-12-,20-17-,21-18-,30-26-/t35-,36+/m0/s1. The lowest BCUT2D eigenvalue weighted by atomic mass is 10.0. The van der Waals surface area contributed by atoms with Gasteiger partial charge in [0, 0.05) is 12.8 Å². The number of aliphatic hydroxyl groups excluding tert-OH is 1. The Kier molecular flexibility index (Phi) is 32.1. The maximum absolute atomic E-state index is 12.3. The minimum atomic E-state index is -4.77. The molecule has 9 nitrogen and oxygen atoms in total. The van der Waals surface area contributed by atoms with E-state index in [1.165, 1.54) is 51.4 Å². The van der Waals surface area contributed by atoms with Crippen molar-refractivity contribution in [2.75, 3.05) is 13.2 Å². The molecule has 10 heteroatoms. The number of ether oxygens (including phenoxy) is 2. The molecule has 0 amide bonds. The third-order valence-electron chi connectivity index (χ3n) is 7.67. The van der Waals surface area contributed by atoms with Crippen LogP contribution in [-0.2, 0) is 28.2 Å². The molecule has 0 fully saturated rings. The van der Waals surface area contributed by atoms with Gasteiger partial charge in [-0.25, -0.2) is 4.57 Å². The molecular weight excluding hydrogens is 631 g/mol. The summed E-state index contributed by atoms with van der Waals surface area (Å²) in [6.45, 7) is 3.46. The Hall–Kier alpha value is -2.03. The van der Waals surface area contributed by atoms with Crippen LogP contribution in [0.4, 0.5) is 0 Å². The SMILES string of the molecule is CCCCCCCCCCCCCCC(=O)O[C@H](COC(=O)CCC/C=C\C/C=C\C/C=C\C/C=C\[C@@H](O)CCCC)COP(=O)(O)O. The molecule has 0 unspecified atom stereocenters. The Morgan fingerprint density at radius 1 is 0.625 bits per heavy atom. The van der Waals surface area contributed by atoms with Gasteiger partial charge in [-0.3, -0.25) is 14.1 Å². The second kappa shape index (κ2) is 33.5. The first-order valence-electron chi connectivity index (χ1n) is 18.5. The predicted octanol–water partition coefficient (Wildman–Crippen LogP) is 9.76. The normalized spacial score (nSPS) is 13.7. The van der Waals surface area contributed by atoms with E-state index in [4.69, 9.17) is 19.3 Å². The molecule has 0 rings (SSSR count). The fraction of sp³-hybridized carbons (Fsp3) is 0.737. The first-order chi connectivity index (χ1) is 23.2. The number of aliphatic hydroxyl groups is 1. The van der Waals surface area contributed by atoms with E-state index in [9.17, 15) is 19.3 Å². The zero-order chi connectivity index (χ0) is 35.6. The Morgan fingerprint density at radius 3 is 1.69 bits per heavy atom. The second-order valence-electron chi connectivity index (χ2n) is 12.4. The van der Waals surface area contributed by atoms with Gasteiger partial charge < -0.3 is 24.4 Å². The van der Waals surface area contributed by atoms with E-state index in [1.807, 2.05) is 24.3 Å². The van der Waals surface area contributed by atoms with Gasteiger partial charge >= 0.3 is 19.8 Å². The van der Waals surface area contributed by atoms with Gasteiger partial charge in [-0.05, 0) is 44.9 Å². The first-order valence-corrected chi connectivity index (χ1v) is 20.1. The smallest absolute Gasteiger partial charge is 0.462 e. The van der Waals surface area contributed by atoms with E-state index >= 15 is 0 Å². The topological polar surface area (TPSA) is 140 Å². The third kappa shape index (κ3) is 35.3.